The first-order valence-electron chi connectivity index (χ1n) is 10.9. The van der Waals surface area contributed by atoms with Gasteiger partial charge >= 0.3 is 0 Å². The molecule has 5 nitrogen and oxygen atoms in total. The molecular weight excluding hydrogens is 354 g/mol. The fraction of sp³-hybridized carbons (Fsp3) is 0.783. The maximum absolute atomic E-state index is 12.2. The van der Waals surface area contributed by atoms with Gasteiger partial charge in [-0.15, -0.1) is 0 Å². The summed E-state index contributed by atoms with van der Waals surface area (Å²) in [6.07, 6.45) is 11.0. The second-order valence-corrected chi connectivity index (χ2v) is 10.0. The lowest BCUT2D eigenvalue weighted by molar-refractivity contribution is -0.309. The van der Waals surface area contributed by atoms with Crippen molar-refractivity contribution in [2.75, 3.05) is 6.61 Å². The predicted molar refractivity (Wildman–Crippen MR) is 104 cm³/mol. The van der Waals surface area contributed by atoms with Crippen molar-refractivity contribution in [1.82, 2.24) is 0 Å². The molecule has 0 unspecified atom stereocenters. The maximum Gasteiger partial charge on any atom is 0.156 e. The lowest BCUT2D eigenvalue weighted by Gasteiger charge is -2.58. The number of carboxylic acids is 1. The van der Waals surface area contributed by atoms with Crippen LogP contribution in [0.25, 0.3) is 0 Å². The average Bonchev–Trinajstić information content (AvgIpc) is 2.99. The largest absolute Gasteiger partial charge is 0.546 e. The molecule has 0 amide bonds. The first-order chi connectivity index (χ1) is 13.3. The Morgan fingerprint density at radius 1 is 1.14 bits per heavy atom. The zero-order valence-corrected chi connectivity index (χ0v) is 17.3. The summed E-state index contributed by atoms with van der Waals surface area (Å²) < 4.78 is 0. The quantitative estimate of drug-likeness (QED) is 0.695. The number of allylic oxidation sites excluding steroid dienone is 2. The molecule has 4 aliphatic carbocycles. The summed E-state index contributed by atoms with van der Waals surface area (Å²) in [5.74, 6) is 1.49. The number of hydrogen-bond acceptors (Lipinski definition) is 5. The van der Waals surface area contributed by atoms with Gasteiger partial charge in [0.2, 0.25) is 0 Å². The molecule has 0 saturated heterocycles. The highest BCUT2D eigenvalue weighted by atomic mass is 16.6. The lowest BCUT2D eigenvalue weighted by Crippen LogP contribution is -2.51. The van der Waals surface area contributed by atoms with Gasteiger partial charge in [0.25, 0.3) is 0 Å². The van der Waals surface area contributed by atoms with Crippen LogP contribution in [-0.4, -0.2) is 24.1 Å². The summed E-state index contributed by atoms with van der Waals surface area (Å²) >= 11 is 0. The first kappa shape index (κ1) is 19.7. The highest BCUT2D eigenvalue weighted by Gasteiger charge is 2.59. The number of fused-ring (bicyclic) bond motifs is 5. The van der Waals surface area contributed by atoms with E-state index in [0.29, 0.717) is 17.6 Å². The van der Waals surface area contributed by atoms with Crippen LogP contribution in [0.4, 0.5) is 0 Å². The Hall–Kier alpha value is -1.65. The van der Waals surface area contributed by atoms with Crippen LogP contribution in [0.1, 0.15) is 72.1 Å². The van der Waals surface area contributed by atoms with Gasteiger partial charge in [-0.3, -0.25) is 4.79 Å². The van der Waals surface area contributed by atoms with Crippen molar-refractivity contribution in [3.05, 3.63) is 11.6 Å². The molecule has 0 aliphatic heterocycles. The van der Waals surface area contributed by atoms with E-state index >= 15 is 0 Å². The molecule has 0 aromatic heterocycles. The minimum absolute atomic E-state index is 0.199. The molecular formula is C23H32NO4-. The van der Waals surface area contributed by atoms with Crippen LogP contribution in [0.5, 0.6) is 0 Å². The van der Waals surface area contributed by atoms with Gasteiger partial charge in [0.05, 0.1) is 11.7 Å². The number of rotatable bonds is 4. The van der Waals surface area contributed by atoms with Crippen LogP contribution in [0.15, 0.2) is 16.8 Å². The van der Waals surface area contributed by atoms with Crippen LogP contribution in [-0.2, 0) is 14.4 Å². The van der Waals surface area contributed by atoms with Crippen molar-refractivity contribution in [2.24, 2.45) is 39.7 Å². The molecule has 5 heteroatoms. The van der Waals surface area contributed by atoms with Gasteiger partial charge in [-0.1, -0.05) is 24.6 Å². The number of carbonyl (C=O) groups is 2. The Labute approximate surface area is 167 Å². The molecule has 0 heterocycles. The molecule has 0 aromatic carbocycles. The fourth-order valence-electron chi connectivity index (χ4n) is 7.48. The van der Waals surface area contributed by atoms with E-state index in [9.17, 15) is 14.7 Å². The molecule has 4 aliphatic rings. The van der Waals surface area contributed by atoms with Crippen molar-refractivity contribution in [3.8, 4) is 0 Å². The van der Waals surface area contributed by atoms with Crippen LogP contribution < -0.4 is 5.11 Å². The van der Waals surface area contributed by atoms with Gasteiger partial charge in [-0.25, -0.2) is 0 Å². The van der Waals surface area contributed by atoms with Gasteiger partial charge in [0.15, 0.2) is 6.61 Å². The number of hydrogen-bond donors (Lipinski definition) is 0. The normalized spacial score (nSPS) is 43.5. The van der Waals surface area contributed by atoms with Gasteiger partial charge in [0, 0.05) is 5.92 Å². The number of ketones is 1. The van der Waals surface area contributed by atoms with E-state index in [2.05, 4.69) is 25.1 Å². The lowest BCUT2D eigenvalue weighted by atomic mass is 9.46. The topological polar surface area (TPSA) is 78.8 Å². The Balaban J connectivity index is 1.55. The molecule has 0 aromatic rings. The van der Waals surface area contributed by atoms with E-state index < -0.39 is 12.6 Å². The van der Waals surface area contributed by atoms with E-state index in [0.717, 1.165) is 37.3 Å². The molecule has 0 N–H and O–H groups in total. The maximum atomic E-state index is 12.2. The predicted octanol–water partition coefficient (Wildman–Crippen LogP) is 3.28. The molecule has 0 radical (unpaired) electrons. The van der Waals surface area contributed by atoms with Crippen molar-refractivity contribution in [2.45, 2.75) is 72.1 Å². The van der Waals surface area contributed by atoms with Gasteiger partial charge in [-0.05, 0) is 93.0 Å². The highest BCUT2D eigenvalue weighted by Crippen LogP contribution is 2.66. The SMILES string of the molecule is CC(=O)[C@H]1CC[C@H]2[C@H]3CCC4=CC(=NOCC(=O)[O-])CC[C@]4(C)[C@@H]3CC[C@]12C. The molecule has 4 rings (SSSR count). The second kappa shape index (κ2) is 7.00. The molecule has 28 heavy (non-hydrogen) atoms. The monoisotopic (exact) mass is 386 g/mol. The number of Topliss-reactive ketones (excluding diaryl/α,β-unsaturated/α-hetero) is 1. The zero-order valence-electron chi connectivity index (χ0n) is 17.3. The van der Waals surface area contributed by atoms with Crippen molar-refractivity contribution in [3.63, 3.8) is 0 Å². The van der Waals surface area contributed by atoms with Crippen LogP contribution in [0.3, 0.4) is 0 Å². The summed E-state index contributed by atoms with van der Waals surface area (Å²) in [7, 11) is 0. The van der Waals surface area contributed by atoms with Crippen molar-refractivity contribution < 1.29 is 19.5 Å². The summed E-state index contributed by atoms with van der Waals surface area (Å²) in [6.45, 7) is 6.11. The summed E-state index contributed by atoms with van der Waals surface area (Å²) in [6, 6.07) is 0. The van der Waals surface area contributed by atoms with E-state index in [1.165, 1.54) is 31.3 Å². The first-order valence-corrected chi connectivity index (χ1v) is 10.9. The minimum atomic E-state index is -1.25. The van der Waals surface area contributed by atoms with E-state index in [1.807, 2.05) is 0 Å². The Morgan fingerprint density at radius 2 is 1.93 bits per heavy atom. The number of carbonyl (C=O) groups excluding carboxylic acids is 2. The van der Waals surface area contributed by atoms with E-state index in [1.54, 1.807) is 6.92 Å². The molecule has 6 atom stereocenters. The Bertz CT molecular complexity index is 741. The number of oxime groups is 1. The standard InChI is InChI=1S/C23H33NO4/c1-14(25)18-6-7-19-17-5-4-15-12-16(24-28-13-21(26)27)8-10-22(15,2)20(17)9-11-23(18,19)3/h12,17-20H,4-11,13H2,1-3H3,(H,26,27)/p-1/t17-,18-,19+,20-,22+,23-/m1/s1. The van der Waals surface area contributed by atoms with Crippen LogP contribution >= 0.6 is 0 Å². The summed E-state index contributed by atoms with van der Waals surface area (Å²) in [4.78, 5) is 27.7. The molecule has 3 saturated carbocycles. The van der Waals surface area contributed by atoms with E-state index in [-0.39, 0.29) is 16.7 Å². The Kier molecular flexibility index (Phi) is 4.91. The third-order valence-electron chi connectivity index (χ3n) is 8.83. The fourth-order valence-corrected chi connectivity index (χ4v) is 7.48. The number of nitrogens with zero attached hydrogens (tertiary/aromatic N) is 1. The van der Waals surface area contributed by atoms with Crippen molar-refractivity contribution >= 4 is 17.5 Å². The average molecular weight is 387 g/mol. The van der Waals surface area contributed by atoms with Crippen LogP contribution in [0, 0.1) is 34.5 Å². The molecule has 0 spiro atoms. The number of carboxylic acid groups (broad SMARTS) is 1. The second-order valence-electron chi connectivity index (χ2n) is 10.0. The van der Waals surface area contributed by atoms with Gasteiger partial charge < -0.3 is 14.7 Å². The number of aliphatic carboxylic acids is 1. The van der Waals surface area contributed by atoms with Crippen molar-refractivity contribution in [1.29, 1.82) is 0 Å². The molecule has 154 valence electrons. The smallest absolute Gasteiger partial charge is 0.156 e. The minimum Gasteiger partial charge on any atom is -0.546 e. The Morgan fingerprint density at radius 3 is 2.64 bits per heavy atom. The van der Waals surface area contributed by atoms with Gasteiger partial charge in [-0.2, -0.15) is 0 Å². The highest BCUT2D eigenvalue weighted by molar-refractivity contribution is 5.96. The molecule has 3 fully saturated rings. The van der Waals surface area contributed by atoms with Gasteiger partial charge in [0.1, 0.15) is 5.78 Å². The zero-order chi connectivity index (χ0) is 20.1. The third kappa shape index (κ3) is 3.02. The van der Waals surface area contributed by atoms with E-state index in [4.69, 9.17) is 4.84 Å². The molecule has 0 bridgehead atoms. The summed E-state index contributed by atoms with van der Waals surface area (Å²) in [5.41, 5.74) is 2.71. The third-order valence-corrected chi connectivity index (χ3v) is 8.83. The summed E-state index contributed by atoms with van der Waals surface area (Å²) in [5, 5.41) is 14.5. The van der Waals surface area contributed by atoms with Crippen LogP contribution in [0.2, 0.25) is 0 Å².